The van der Waals surface area contributed by atoms with E-state index in [9.17, 15) is 5.11 Å². The number of aliphatic hydroxyl groups is 1. The van der Waals surface area contributed by atoms with Gasteiger partial charge in [-0.15, -0.1) is 0 Å². The number of rotatable bonds is 6. The Morgan fingerprint density at radius 2 is 1.70 bits per heavy atom. The van der Waals surface area contributed by atoms with Gasteiger partial charge in [-0.25, -0.2) is 0 Å². The van der Waals surface area contributed by atoms with Crippen LogP contribution in [0.2, 0.25) is 0 Å². The van der Waals surface area contributed by atoms with Gasteiger partial charge in [0.15, 0.2) is 0 Å². The molecule has 1 aromatic carbocycles. The van der Waals surface area contributed by atoms with Crippen LogP contribution in [0.15, 0.2) is 30.3 Å². The first kappa shape index (κ1) is 15.5. The molecule has 0 bridgehead atoms. The molecule has 1 aromatic rings. The van der Waals surface area contributed by atoms with Gasteiger partial charge in [-0.1, -0.05) is 56.0 Å². The third-order valence-electron chi connectivity index (χ3n) is 4.73. The summed E-state index contributed by atoms with van der Waals surface area (Å²) < 4.78 is 0. The number of hydrogen-bond donors (Lipinski definition) is 1. The summed E-state index contributed by atoms with van der Waals surface area (Å²) in [6.45, 7) is 2.46. The van der Waals surface area contributed by atoms with E-state index in [1.54, 1.807) is 0 Å². The zero-order valence-corrected chi connectivity index (χ0v) is 12.9. The van der Waals surface area contributed by atoms with E-state index in [0.29, 0.717) is 6.61 Å². The molecule has 0 aromatic heterocycles. The second-order valence-corrected chi connectivity index (χ2v) is 6.55. The fraction of sp³-hybridized carbons (Fsp3) is 0.667. The molecule has 2 nitrogen and oxygen atoms in total. The lowest BCUT2D eigenvalue weighted by molar-refractivity contribution is 0.0691. The number of aliphatic hydroxyl groups excluding tert-OH is 1. The van der Waals surface area contributed by atoms with Crippen LogP contribution >= 0.6 is 0 Å². The number of nitrogens with zero attached hydrogens (tertiary/aromatic N) is 1. The highest BCUT2D eigenvalue weighted by molar-refractivity contribution is 5.14. The molecule has 2 heteroatoms. The van der Waals surface area contributed by atoms with Crippen molar-refractivity contribution in [3.8, 4) is 0 Å². The average molecular weight is 275 g/mol. The molecule has 1 saturated carbocycles. The lowest BCUT2D eigenvalue weighted by Gasteiger charge is -2.35. The Kier molecular flexibility index (Phi) is 6.06. The third-order valence-corrected chi connectivity index (χ3v) is 4.73. The maximum atomic E-state index is 9.87. The van der Waals surface area contributed by atoms with Crippen LogP contribution in [-0.4, -0.2) is 36.8 Å². The normalized spacial score (nSPS) is 18.9. The van der Waals surface area contributed by atoms with Crippen molar-refractivity contribution in [2.24, 2.45) is 5.41 Å². The molecule has 112 valence electrons. The Balaban J connectivity index is 1.83. The van der Waals surface area contributed by atoms with Crippen molar-refractivity contribution >= 4 is 0 Å². The predicted molar refractivity (Wildman–Crippen MR) is 84.9 cm³/mol. The summed E-state index contributed by atoms with van der Waals surface area (Å²) in [7, 11) is 2.20. The van der Waals surface area contributed by atoms with Gasteiger partial charge in [0.05, 0.1) is 0 Å². The van der Waals surface area contributed by atoms with Crippen LogP contribution in [0.4, 0.5) is 0 Å². The summed E-state index contributed by atoms with van der Waals surface area (Å²) in [6.07, 6.45) is 8.74. The molecular weight excluding hydrogens is 246 g/mol. The molecule has 0 atom stereocenters. The molecule has 0 radical (unpaired) electrons. The Morgan fingerprint density at radius 3 is 2.30 bits per heavy atom. The molecule has 1 aliphatic carbocycles. The molecule has 0 saturated heterocycles. The van der Waals surface area contributed by atoms with E-state index >= 15 is 0 Å². The first-order valence-electron chi connectivity index (χ1n) is 8.07. The minimum atomic E-state index is 0.155. The van der Waals surface area contributed by atoms with E-state index < -0.39 is 0 Å². The topological polar surface area (TPSA) is 23.5 Å². The SMILES string of the molecule is CN(CCc1ccccc1)CC1(CO)CCCCCC1. The molecule has 0 aliphatic heterocycles. The van der Waals surface area contributed by atoms with Crippen LogP contribution in [0.1, 0.15) is 44.1 Å². The Labute approximate surface area is 123 Å². The van der Waals surface area contributed by atoms with E-state index in [4.69, 9.17) is 0 Å². The third kappa shape index (κ3) is 4.60. The summed E-state index contributed by atoms with van der Waals surface area (Å²) >= 11 is 0. The second kappa shape index (κ2) is 7.80. The molecule has 0 spiro atoms. The van der Waals surface area contributed by atoms with Crippen molar-refractivity contribution < 1.29 is 5.11 Å². The minimum absolute atomic E-state index is 0.155. The van der Waals surface area contributed by atoms with Crippen molar-refractivity contribution in [2.75, 3.05) is 26.7 Å². The van der Waals surface area contributed by atoms with Crippen molar-refractivity contribution in [3.63, 3.8) is 0 Å². The van der Waals surface area contributed by atoms with E-state index in [2.05, 4.69) is 42.3 Å². The standard InChI is InChI=1S/C18H29NO/c1-19(14-11-17-9-5-4-6-10-17)15-18(16-20)12-7-2-3-8-13-18/h4-6,9-10,20H,2-3,7-8,11-16H2,1H3. The fourth-order valence-corrected chi connectivity index (χ4v) is 3.46. The lowest BCUT2D eigenvalue weighted by atomic mass is 9.80. The van der Waals surface area contributed by atoms with Gasteiger partial charge in [0.1, 0.15) is 0 Å². The van der Waals surface area contributed by atoms with Crippen molar-refractivity contribution in [1.82, 2.24) is 4.90 Å². The maximum Gasteiger partial charge on any atom is 0.0499 e. The number of benzene rings is 1. The lowest BCUT2D eigenvalue weighted by Crippen LogP contribution is -2.39. The number of hydrogen-bond acceptors (Lipinski definition) is 2. The Hall–Kier alpha value is -0.860. The summed E-state index contributed by atoms with van der Waals surface area (Å²) in [5, 5.41) is 9.87. The minimum Gasteiger partial charge on any atom is -0.396 e. The fourth-order valence-electron chi connectivity index (χ4n) is 3.46. The molecular formula is C18H29NO. The Bertz CT molecular complexity index is 368. The van der Waals surface area contributed by atoms with Gasteiger partial charge in [-0.2, -0.15) is 0 Å². The van der Waals surface area contributed by atoms with Crippen molar-refractivity contribution in [1.29, 1.82) is 0 Å². The Morgan fingerprint density at radius 1 is 1.05 bits per heavy atom. The first-order valence-corrected chi connectivity index (χ1v) is 8.07. The van der Waals surface area contributed by atoms with Crippen LogP contribution in [0.5, 0.6) is 0 Å². The largest absolute Gasteiger partial charge is 0.396 e. The highest BCUT2D eigenvalue weighted by Gasteiger charge is 2.31. The quantitative estimate of drug-likeness (QED) is 0.803. The van der Waals surface area contributed by atoms with Gasteiger partial charge in [0.2, 0.25) is 0 Å². The molecule has 1 aliphatic rings. The smallest absolute Gasteiger partial charge is 0.0499 e. The monoisotopic (exact) mass is 275 g/mol. The van der Waals surface area contributed by atoms with Gasteiger partial charge >= 0.3 is 0 Å². The maximum absolute atomic E-state index is 9.87. The molecule has 0 unspecified atom stereocenters. The molecule has 0 amide bonds. The zero-order valence-electron chi connectivity index (χ0n) is 12.9. The molecule has 0 heterocycles. The van der Waals surface area contributed by atoms with Gasteiger partial charge in [0, 0.05) is 25.1 Å². The second-order valence-electron chi connectivity index (χ2n) is 6.55. The summed E-state index contributed by atoms with van der Waals surface area (Å²) in [5.41, 5.74) is 1.56. The van der Waals surface area contributed by atoms with Gasteiger partial charge in [0.25, 0.3) is 0 Å². The van der Waals surface area contributed by atoms with Gasteiger partial charge < -0.3 is 10.0 Å². The number of likely N-dealkylation sites (N-methyl/N-ethyl adjacent to an activating group) is 1. The van der Waals surface area contributed by atoms with Crippen LogP contribution in [0, 0.1) is 5.41 Å². The average Bonchev–Trinajstić information content (AvgIpc) is 2.72. The first-order chi connectivity index (χ1) is 9.74. The van der Waals surface area contributed by atoms with Crippen molar-refractivity contribution in [3.05, 3.63) is 35.9 Å². The van der Waals surface area contributed by atoms with Gasteiger partial charge in [-0.3, -0.25) is 0 Å². The summed E-state index contributed by atoms with van der Waals surface area (Å²) in [6, 6.07) is 10.7. The van der Waals surface area contributed by atoms with E-state index in [-0.39, 0.29) is 5.41 Å². The molecule has 2 rings (SSSR count). The molecule has 1 fully saturated rings. The highest BCUT2D eigenvalue weighted by atomic mass is 16.3. The van der Waals surface area contributed by atoms with E-state index in [0.717, 1.165) is 19.5 Å². The van der Waals surface area contributed by atoms with Crippen LogP contribution in [-0.2, 0) is 6.42 Å². The van der Waals surface area contributed by atoms with Crippen LogP contribution in [0.25, 0.3) is 0 Å². The summed E-state index contributed by atoms with van der Waals surface area (Å²) in [4.78, 5) is 2.41. The molecule has 1 N–H and O–H groups in total. The highest BCUT2D eigenvalue weighted by Crippen LogP contribution is 2.35. The zero-order chi connectivity index (χ0) is 14.3. The van der Waals surface area contributed by atoms with E-state index in [1.165, 1.54) is 44.1 Å². The van der Waals surface area contributed by atoms with Gasteiger partial charge in [-0.05, 0) is 31.9 Å². The van der Waals surface area contributed by atoms with Crippen LogP contribution in [0.3, 0.4) is 0 Å². The van der Waals surface area contributed by atoms with E-state index in [1.807, 2.05) is 0 Å². The summed E-state index contributed by atoms with van der Waals surface area (Å²) in [5.74, 6) is 0. The predicted octanol–water partition coefficient (Wildman–Crippen LogP) is 3.49. The van der Waals surface area contributed by atoms with Crippen molar-refractivity contribution in [2.45, 2.75) is 44.9 Å². The van der Waals surface area contributed by atoms with Crippen LogP contribution < -0.4 is 0 Å². The molecule has 20 heavy (non-hydrogen) atoms.